The Hall–Kier alpha value is -1.89. The lowest BCUT2D eigenvalue weighted by molar-refractivity contribution is -0.142. The van der Waals surface area contributed by atoms with Gasteiger partial charge in [0, 0.05) is 10.3 Å². The van der Waals surface area contributed by atoms with Crippen LogP contribution in [0.15, 0.2) is 5.38 Å². The molecule has 1 aromatic heterocycles. The van der Waals surface area contributed by atoms with Gasteiger partial charge in [-0.25, -0.2) is 4.79 Å². The van der Waals surface area contributed by atoms with Crippen molar-refractivity contribution in [3.63, 3.8) is 0 Å². The smallest absolute Gasteiger partial charge is 0.326 e. The van der Waals surface area contributed by atoms with E-state index in [4.69, 9.17) is 5.11 Å². The van der Waals surface area contributed by atoms with Gasteiger partial charge < -0.3 is 15.7 Å². The van der Waals surface area contributed by atoms with Crippen molar-refractivity contribution >= 4 is 29.1 Å². The number of nitrogens with one attached hydrogen (secondary N) is 2. The normalized spacial score (nSPS) is 12.0. The number of hydrogen-bond acceptors (Lipinski definition) is 4. The number of hydrogen-bond donors (Lipinski definition) is 3. The quantitative estimate of drug-likeness (QED) is 0.711. The third-order valence-electron chi connectivity index (χ3n) is 3.28. The van der Waals surface area contributed by atoms with Crippen molar-refractivity contribution in [3.8, 4) is 0 Å². The molecule has 1 rings (SSSR count). The van der Waals surface area contributed by atoms with E-state index in [0.717, 1.165) is 10.4 Å². The van der Waals surface area contributed by atoms with Crippen molar-refractivity contribution in [2.24, 2.45) is 5.92 Å². The highest BCUT2D eigenvalue weighted by Crippen LogP contribution is 2.20. The molecular formula is C15H22N2O4S. The van der Waals surface area contributed by atoms with E-state index in [-0.39, 0.29) is 18.4 Å². The molecule has 0 fully saturated rings. The van der Waals surface area contributed by atoms with Gasteiger partial charge in [-0.2, -0.15) is 0 Å². The molecule has 0 aliphatic rings. The number of carboxylic acids is 1. The zero-order chi connectivity index (χ0) is 16.9. The van der Waals surface area contributed by atoms with E-state index in [0.29, 0.717) is 12.0 Å². The zero-order valence-corrected chi connectivity index (χ0v) is 14.0. The summed E-state index contributed by atoms with van der Waals surface area (Å²) < 4.78 is 0. The Balaban J connectivity index is 2.53. The van der Waals surface area contributed by atoms with Gasteiger partial charge in [-0.15, -0.1) is 11.3 Å². The van der Waals surface area contributed by atoms with E-state index in [2.05, 4.69) is 10.6 Å². The average molecular weight is 326 g/mol. The van der Waals surface area contributed by atoms with Gasteiger partial charge in [0.1, 0.15) is 6.04 Å². The van der Waals surface area contributed by atoms with Crippen molar-refractivity contribution in [2.75, 3.05) is 6.54 Å². The molecule has 0 aliphatic heterocycles. The first-order valence-corrected chi connectivity index (χ1v) is 7.95. The van der Waals surface area contributed by atoms with Gasteiger partial charge >= 0.3 is 5.97 Å². The van der Waals surface area contributed by atoms with E-state index in [1.807, 2.05) is 27.7 Å². The molecule has 6 nitrogen and oxygen atoms in total. The fraction of sp³-hybridized carbons (Fsp3) is 0.533. The first-order chi connectivity index (χ1) is 10.2. The summed E-state index contributed by atoms with van der Waals surface area (Å²) in [6, 6.07) is -0.936. The van der Waals surface area contributed by atoms with E-state index < -0.39 is 17.9 Å². The van der Waals surface area contributed by atoms with Crippen LogP contribution in [0.2, 0.25) is 0 Å². The molecule has 22 heavy (non-hydrogen) atoms. The molecule has 0 bridgehead atoms. The highest BCUT2D eigenvalue weighted by Gasteiger charge is 2.21. The molecule has 1 atom stereocenters. The van der Waals surface area contributed by atoms with Crippen molar-refractivity contribution < 1.29 is 19.5 Å². The number of thiophene rings is 1. The standard InChI is InChI=1S/C15H22N2O4S/c1-8(2)5-12(15(20)21)17-13(18)6-16-14(19)11-7-22-10(4)9(11)3/h7-8,12H,5-6H2,1-4H3,(H,16,19)(H,17,18)(H,20,21)/t12-/m0/s1. The first-order valence-electron chi connectivity index (χ1n) is 7.07. The van der Waals surface area contributed by atoms with Crippen molar-refractivity contribution in [2.45, 2.75) is 40.2 Å². The van der Waals surface area contributed by atoms with E-state index in [1.165, 1.54) is 11.3 Å². The number of carbonyl (C=O) groups excluding carboxylic acids is 2. The summed E-state index contributed by atoms with van der Waals surface area (Å²) in [6.45, 7) is 7.29. The summed E-state index contributed by atoms with van der Waals surface area (Å²) in [5.74, 6) is -1.76. The molecular weight excluding hydrogens is 304 g/mol. The minimum Gasteiger partial charge on any atom is -0.480 e. The summed E-state index contributed by atoms with van der Waals surface area (Å²) in [5.41, 5.74) is 1.44. The van der Waals surface area contributed by atoms with E-state index in [1.54, 1.807) is 5.38 Å². The number of aliphatic carboxylic acids is 1. The monoisotopic (exact) mass is 326 g/mol. The van der Waals surface area contributed by atoms with Gasteiger partial charge in [-0.3, -0.25) is 9.59 Å². The molecule has 3 N–H and O–H groups in total. The largest absolute Gasteiger partial charge is 0.480 e. The van der Waals surface area contributed by atoms with Gasteiger partial charge in [0.2, 0.25) is 5.91 Å². The molecule has 0 spiro atoms. The average Bonchev–Trinajstić information content (AvgIpc) is 2.75. The molecule has 0 aromatic carbocycles. The molecule has 2 amide bonds. The van der Waals surface area contributed by atoms with Crippen molar-refractivity contribution in [3.05, 3.63) is 21.4 Å². The van der Waals surface area contributed by atoms with Gasteiger partial charge in [0.05, 0.1) is 12.1 Å². The second-order valence-corrected chi connectivity index (χ2v) is 6.68. The zero-order valence-electron chi connectivity index (χ0n) is 13.2. The van der Waals surface area contributed by atoms with Crippen LogP contribution >= 0.6 is 11.3 Å². The van der Waals surface area contributed by atoms with Crippen LogP contribution in [0.4, 0.5) is 0 Å². The number of carbonyl (C=O) groups is 3. The Labute approximate surface area is 133 Å². The number of amides is 2. The van der Waals surface area contributed by atoms with Crippen molar-refractivity contribution in [1.29, 1.82) is 0 Å². The third kappa shape index (κ3) is 5.14. The molecule has 0 aliphatic carbocycles. The maximum Gasteiger partial charge on any atom is 0.326 e. The second-order valence-electron chi connectivity index (χ2n) is 5.60. The van der Waals surface area contributed by atoms with E-state index in [9.17, 15) is 14.4 Å². The Kier molecular flexibility index (Phi) is 6.55. The summed E-state index contributed by atoms with van der Waals surface area (Å²) in [5, 5.41) is 15.7. The summed E-state index contributed by atoms with van der Waals surface area (Å²) in [4.78, 5) is 35.9. The molecule has 0 radical (unpaired) electrons. The van der Waals surface area contributed by atoms with Gasteiger partial charge in [-0.1, -0.05) is 13.8 Å². The van der Waals surface area contributed by atoms with Crippen LogP contribution in [0.3, 0.4) is 0 Å². The Morgan fingerprint density at radius 3 is 2.36 bits per heavy atom. The fourth-order valence-electron chi connectivity index (χ4n) is 1.93. The molecule has 1 aromatic rings. The van der Waals surface area contributed by atoms with Gasteiger partial charge in [-0.05, 0) is 31.7 Å². The fourth-order valence-corrected chi connectivity index (χ4v) is 2.80. The highest BCUT2D eigenvalue weighted by atomic mass is 32.1. The van der Waals surface area contributed by atoms with Gasteiger partial charge in [0.15, 0.2) is 0 Å². The maximum absolute atomic E-state index is 12.0. The van der Waals surface area contributed by atoms with Crippen LogP contribution < -0.4 is 10.6 Å². The minimum atomic E-state index is -1.07. The Morgan fingerprint density at radius 1 is 1.27 bits per heavy atom. The lowest BCUT2D eigenvalue weighted by Crippen LogP contribution is -2.46. The lowest BCUT2D eigenvalue weighted by atomic mass is 10.0. The second kappa shape index (κ2) is 7.93. The van der Waals surface area contributed by atoms with Crippen LogP contribution in [-0.2, 0) is 9.59 Å². The van der Waals surface area contributed by atoms with E-state index >= 15 is 0 Å². The molecule has 0 saturated heterocycles. The van der Waals surface area contributed by atoms with Crippen LogP contribution in [0.5, 0.6) is 0 Å². The van der Waals surface area contributed by atoms with Crippen molar-refractivity contribution in [1.82, 2.24) is 10.6 Å². The number of rotatable bonds is 7. The predicted octanol–water partition coefficient (Wildman–Crippen LogP) is 1.71. The maximum atomic E-state index is 12.0. The van der Waals surface area contributed by atoms with Gasteiger partial charge in [0.25, 0.3) is 5.91 Å². The minimum absolute atomic E-state index is 0.146. The predicted molar refractivity (Wildman–Crippen MR) is 85.1 cm³/mol. The summed E-state index contributed by atoms with van der Waals surface area (Å²) in [7, 11) is 0. The highest BCUT2D eigenvalue weighted by molar-refractivity contribution is 7.10. The number of carboxylic acid groups (broad SMARTS) is 1. The van der Waals surface area contributed by atoms with Crippen LogP contribution in [-0.4, -0.2) is 35.5 Å². The Morgan fingerprint density at radius 2 is 1.91 bits per heavy atom. The summed E-state index contributed by atoms with van der Waals surface area (Å²) in [6.07, 6.45) is 0.345. The SMILES string of the molecule is Cc1scc(C(=O)NCC(=O)N[C@@H](CC(C)C)C(=O)O)c1C. The molecule has 7 heteroatoms. The molecule has 122 valence electrons. The molecule has 0 unspecified atom stereocenters. The molecule has 1 heterocycles. The topological polar surface area (TPSA) is 95.5 Å². The van der Waals surface area contributed by atoms with Crippen LogP contribution in [0.1, 0.15) is 41.1 Å². The lowest BCUT2D eigenvalue weighted by Gasteiger charge is -2.16. The third-order valence-corrected chi connectivity index (χ3v) is 4.29. The Bertz CT molecular complexity index is 566. The van der Waals surface area contributed by atoms with Crippen LogP contribution in [0.25, 0.3) is 0 Å². The molecule has 0 saturated carbocycles. The first kappa shape index (κ1) is 18.2. The number of aryl methyl sites for hydroxylation is 1. The van der Waals surface area contributed by atoms with Crippen LogP contribution in [0, 0.1) is 19.8 Å². The summed E-state index contributed by atoms with van der Waals surface area (Å²) >= 11 is 1.48.